The van der Waals surface area contributed by atoms with Crippen molar-refractivity contribution in [2.24, 2.45) is 28.6 Å². The molecule has 1 amide bonds. The first-order valence-electron chi connectivity index (χ1n) is 15.0. The second-order valence-electron chi connectivity index (χ2n) is 12.9. The molecule has 1 aromatic rings. The zero-order chi connectivity index (χ0) is 28.5. The Bertz CT molecular complexity index is 1180. The van der Waals surface area contributed by atoms with E-state index >= 15 is 0 Å². The number of benzene rings is 1. The van der Waals surface area contributed by atoms with E-state index < -0.39 is 12.0 Å². The molecule has 1 aromatic carbocycles. The minimum atomic E-state index is -0.810. The number of allylic oxidation sites excluding steroid dienone is 1. The molecule has 0 spiro atoms. The monoisotopic (exact) mass is 549 g/mol. The Morgan fingerprint density at radius 3 is 2.50 bits per heavy atom. The molecule has 7 nitrogen and oxygen atoms in total. The van der Waals surface area contributed by atoms with Crippen LogP contribution in [0, 0.1) is 28.6 Å². The maximum Gasteiger partial charge on any atom is 0.328 e. The SMILES string of the molecule is COC(=O)C(Cc1ccccc1)NC(=O)CCC(=O)O[C@H]1CC[C@H]2[C@@H]3CCC4=CC(=O)CC[C@]4(C)[C@H]3CC[C@]12C. The van der Waals surface area contributed by atoms with Crippen molar-refractivity contribution in [3.05, 3.63) is 47.5 Å². The van der Waals surface area contributed by atoms with E-state index in [-0.39, 0.29) is 47.4 Å². The molecule has 40 heavy (non-hydrogen) atoms. The van der Waals surface area contributed by atoms with Gasteiger partial charge in [-0.2, -0.15) is 0 Å². The predicted octanol–water partition coefficient (Wildman–Crippen LogP) is 5.11. The number of carbonyl (C=O) groups is 4. The van der Waals surface area contributed by atoms with Gasteiger partial charge in [-0.25, -0.2) is 4.79 Å². The number of methoxy groups -OCH3 is 1. The van der Waals surface area contributed by atoms with Gasteiger partial charge in [0.15, 0.2) is 5.78 Å². The number of rotatable bonds is 8. The summed E-state index contributed by atoms with van der Waals surface area (Å²) in [6.45, 7) is 4.68. The van der Waals surface area contributed by atoms with Crippen LogP contribution in [0.2, 0.25) is 0 Å². The van der Waals surface area contributed by atoms with Gasteiger partial charge in [-0.1, -0.05) is 49.8 Å². The Morgan fingerprint density at radius 1 is 0.975 bits per heavy atom. The minimum Gasteiger partial charge on any atom is -0.467 e. The number of ether oxygens (including phenoxy) is 2. The predicted molar refractivity (Wildman–Crippen MR) is 150 cm³/mol. The largest absolute Gasteiger partial charge is 0.467 e. The summed E-state index contributed by atoms with van der Waals surface area (Å²) in [6.07, 6.45) is 9.87. The van der Waals surface area contributed by atoms with Gasteiger partial charge in [-0.05, 0) is 79.8 Å². The highest BCUT2D eigenvalue weighted by Gasteiger charge is 2.60. The van der Waals surface area contributed by atoms with Gasteiger partial charge in [0.25, 0.3) is 0 Å². The Kier molecular flexibility index (Phi) is 8.21. The highest BCUT2D eigenvalue weighted by molar-refractivity contribution is 5.91. The molecular formula is C33H43NO6. The molecular weight excluding hydrogens is 506 g/mol. The van der Waals surface area contributed by atoms with Crippen molar-refractivity contribution in [3.8, 4) is 0 Å². The van der Waals surface area contributed by atoms with Crippen LogP contribution < -0.4 is 5.32 Å². The third-order valence-corrected chi connectivity index (χ3v) is 10.8. The average molecular weight is 550 g/mol. The number of hydrogen-bond acceptors (Lipinski definition) is 6. The van der Waals surface area contributed by atoms with Crippen LogP contribution in [0.25, 0.3) is 0 Å². The van der Waals surface area contributed by atoms with Gasteiger partial charge in [0.05, 0.1) is 13.5 Å². The van der Waals surface area contributed by atoms with Crippen LogP contribution in [0.5, 0.6) is 0 Å². The average Bonchev–Trinajstić information content (AvgIpc) is 3.27. The Morgan fingerprint density at radius 2 is 1.75 bits per heavy atom. The van der Waals surface area contributed by atoms with Crippen LogP contribution in [-0.4, -0.2) is 42.9 Å². The number of nitrogens with one attached hydrogen (secondary N) is 1. The van der Waals surface area contributed by atoms with Crippen LogP contribution in [0.3, 0.4) is 0 Å². The summed E-state index contributed by atoms with van der Waals surface area (Å²) in [5, 5.41) is 2.73. The number of carbonyl (C=O) groups excluding carboxylic acids is 4. The summed E-state index contributed by atoms with van der Waals surface area (Å²) in [5.74, 6) is 0.753. The van der Waals surface area contributed by atoms with Gasteiger partial charge in [0.1, 0.15) is 12.1 Å². The van der Waals surface area contributed by atoms with Crippen LogP contribution in [0.15, 0.2) is 42.0 Å². The van der Waals surface area contributed by atoms with Gasteiger partial charge in [0, 0.05) is 24.7 Å². The zero-order valence-corrected chi connectivity index (χ0v) is 24.1. The van der Waals surface area contributed by atoms with Crippen molar-refractivity contribution in [2.75, 3.05) is 7.11 Å². The van der Waals surface area contributed by atoms with Gasteiger partial charge in [-0.15, -0.1) is 0 Å². The van der Waals surface area contributed by atoms with Crippen molar-refractivity contribution >= 4 is 23.6 Å². The lowest BCUT2D eigenvalue weighted by molar-refractivity contribution is -0.160. The van der Waals surface area contributed by atoms with Crippen LogP contribution in [0.1, 0.15) is 83.6 Å². The van der Waals surface area contributed by atoms with Crippen molar-refractivity contribution in [1.82, 2.24) is 5.32 Å². The van der Waals surface area contributed by atoms with E-state index in [9.17, 15) is 19.2 Å². The molecule has 1 unspecified atom stereocenters. The highest BCUT2D eigenvalue weighted by atomic mass is 16.5. The van der Waals surface area contributed by atoms with E-state index in [1.165, 1.54) is 12.7 Å². The number of hydrogen-bond donors (Lipinski definition) is 1. The van der Waals surface area contributed by atoms with E-state index in [2.05, 4.69) is 19.2 Å². The molecule has 5 rings (SSSR count). The van der Waals surface area contributed by atoms with E-state index in [0.29, 0.717) is 30.6 Å². The molecule has 0 bridgehead atoms. The van der Waals surface area contributed by atoms with Crippen LogP contribution in [-0.2, 0) is 35.1 Å². The summed E-state index contributed by atoms with van der Waals surface area (Å²) in [4.78, 5) is 49.9. The zero-order valence-electron chi connectivity index (χ0n) is 24.1. The second-order valence-corrected chi connectivity index (χ2v) is 12.9. The molecule has 0 aromatic heterocycles. The van der Waals surface area contributed by atoms with E-state index in [1.54, 1.807) is 0 Å². The van der Waals surface area contributed by atoms with Crippen molar-refractivity contribution in [2.45, 2.75) is 96.6 Å². The van der Waals surface area contributed by atoms with Crippen molar-refractivity contribution in [1.29, 1.82) is 0 Å². The third-order valence-electron chi connectivity index (χ3n) is 10.8. The molecule has 216 valence electrons. The first kappa shape index (κ1) is 28.6. The summed E-state index contributed by atoms with van der Waals surface area (Å²) in [7, 11) is 1.30. The fourth-order valence-electron chi connectivity index (χ4n) is 8.59. The third kappa shape index (κ3) is 5.48. The van der Waals surface area contributed by atoms with Gasteiger partial charge < -0.3 is 14.8 Å². The summed E-state index contributed by atoms with van der Waals surface area (Å²) >= 11 is 0. The summed E-state index contributed by atoms with van der Waals surface area (Å²) in [5.41, 5.74) is 2.36. The van der Waals surface area contributed by atoms with Gasteiger partial charge in [0.2, 0.25) is 5.91 Å². The summed E-state index contributed by atoms with van der Waals surface area (Å²) < 4.78 is 10.9. The summed E-state index contributed by atoms with van der Waals surface area (Å²) in [6, 6.07) is 8.62. The maximum absolute atomic E-state index is 12.9. The lowest BCUT2D eigenvalue weighted by Gasteiger charge is -2.57. The molecule has 4 aliphatic carbocycles. The molecule has 0 aliphatic heterocycles. The Balaban J connectivity index is 1.15. The molecule has 0 heterocycles. The molecule has 7 heteroatoms. The maximum atomic E-state index is 12.9. The first-order valence-corrected chi connectivity index (χ1v) is 15.0. The number of esters is 2. The highest BCUT2D eigenvalue weighted by Crippen LogP contribution is 2.65. The lowest BCUT2D eigenvalue weighted by Crippen LogP contribution is -2.51. The quantitative estimate of drug-likeness (QED) is 0.453. The number of amides is 1. The number of ketones is 1. The van der Waals surface area contributed by atoms with Crippen LogP contribution in [0.4, 0.5) is 0 Å². The second kappa shape index (κ2) is 11.5. The molecule has 7 atom stereocenters. The van der Waals surface area contributed by atoms with E-state index in [4.69, 9.17) is 9.47 Å². The van der Waals surface area contributed by atoms with E-state index in [1.807, 2.05) is 36.4 Å². The standard InChI is InChI=1S/C33H43NO6/c1-32-17-15-23(35)20-22(32)9-10-24-25-11-12-28(33(25,2)18-16-26(24)32)40-30(37)14-13-29(36)34-27(31(38)39-3)19-21-7-5-4-6-8-21/h4-8,20,24-28H,9-19H2,1-3H3,(H,34,36)/t24-,25-,26-,27?,28-,32-,33-/m0/s1. The molecule has 3 saturated carbocycles. The van der Waals surface area contributed by atoms with Crippen molar-refractivity contribution < 1.29 is 28.7 Å². The first-order chi connectivity index (χ1) is 19.1. The van der Waals surface area contributed by atoms with Crippen LogP contribution >= 0.6 is 0 Å². The molecule has 0 saturated heterocycles. The van der Waals surface area contributed by atoms with Gasteiger partial charge >= 0.3 is 11.9 Å². The number of fused-ring (bicyclic) bond motifs is 5. The Hall–Kier alpha value is -2.96. The normalized spacial score (nSPS) is 33.5. The van der Waals surface area contributed by atoms with Gasteiger partial charge in [-0.3, -0.25) is 14.4 Å². The fourth-order valence-corrected chi connectivity index (χ4v) is 8.59. The molecule has 0 radical (unpaired) electrons. The fraction of sp³-hybridized carbons (Fsp3) is 0.636. The topological polar surface area (TPSA) is 98.8 Å². The smallest absolute Gasteiger partial charge is 0.328 e. The molecule has 1 N–H and O–H groups in total. The van der Waals surface area contributed by atoms with E-state index in [0.717, 1.165) is 50.5 Å². The van der Waals surface area contributed by atoms with Crippen molar-refractivity contribution in [3.63, 3.8) is 0 Å². The molecule has 3 fully saturated rings. The Labute approximate surface area is 237 Å². The minimum absolute atomic E-state index is 0.0192. The lowest BCUT2D eigenvalue weighted by atomic mass is 9.47. The molecule has 4 aliphatic rings.